The SMILES string of the molecule is O=C(ON1C(=O)CCC1=O)c1ccnc(-c2cc(C(=O)ON3C(=O)CCC3=O)ccn2)c1.[Ru+2].c1ccc(-c2ccccn2)nc1.c1ccc(-c2ccccn2)nc1. The van der Waals surface area contributed by atoms with Crippen LogP contribution in [0.1, 0.15) is 46.4 Å². The van der Waals surface area contributed by atoms with E-state index < -0.39 is 35.6 Å². The Morgan fingerprint density at radius 3 is 0.947 bits per heavy atom. The molecule has 0 N–H and O–H groups in total. The van der Waals surface area contributed by atoms with Crippen molar-refractivity contribution in [3.63, 3.8) is 0 Å². The van der Waals surface area contributed by atoms with Crippen LogP contribution in [0.2, 0.25) is 0 Å². The summed E-state index contributed by atoms with van der Waals surface area (Å²) in [5, 5.41) is 0.858. The van der Waals surface area contributed by atoms with Crippen molar-refractivity contribution in [2.24, 2.45) is 0 Å². The van der Waals surface area contributed by atoms with Crippen LogP contribution in [0.25, 0.3) is 34.2 Å². The van der Waals surface area contributed by atoms with Gasteiger partial charge in [-0.1, -0.05) is 24.3 Å². The van der Waals surface area contributed by atoms with E-state index in [1.807, 2.05) is 72.8 Å². The summed E-state index contributed by atoms with van der Waals surface area (Å²) in [5.74, 6) is -4.33. The van der Waals surface area contributed by atoms with Gasteiger partial charge in [0.25, 0.3) is 23.6 Å². The average Bonchev–Trinajstić information content (AvgIpc) is 3.75. The van der Waals surface area contributed by atoms with Gasteiger partial charge in [0.1, 0.15) is 0 Å². The van der Waals surface area contributed by atoms with Gasteiger partial charge in [-0.25, -0.2) is 9.59 Å². The first kappa shape index (κ1) is 40.9. The maximum Gasteiger partial charge on any atom is 2.00 e. The number of rotatable bonds is 7. The van der Waals surface area contributed by atoms with Crippen molar-refractivity contribution < 1.29 is 57.9 Å². The van der Waals surface area contributed by atoms with E-state index in [-0.39, 0.29) is 67.7 Å². The summed E-state index contributed by atoms with van der Waals surface area (Å²) in [4.78, 5) is 106. The molecule has 2 saturated heterocycles. The fourth-order valence-electron chi connectivity index (χ4n) is 5.04. The number of aromatic nitrogens is 6. The molecule has 6 aromatic heterocycles. The van der Waals surface area contributed by atoms with Crippen LogP contribution in [-0.2, 0) is 48.3 Å². The zero-order valence-corrected chi connectivity index (χ0v) is 31.5. The first-order chi connectivity index (χ1) is 27.3. The summed E-state index contributed by atoms with van der Waals surface area (Å²) in [7, 11) is 0. The molecule has 0 unspecified atom stereocenters. The Balaban J connectivity index is 0.000000201. The Hall–Kier alpha value is -7.26. The van der Waals surface area contributed by atoms with Gasteiger partial charge in [0, 0.05) is 62.9 Å². The van der Waals surface area contributed by atoms with E-state index in [2.05, 4.69) is 29.9 Å². The van der Waals surface area contributed by atoms with Crippen molar-refractivity contribution in [2.75, 3.05) is 0 Å². The van der Waals surface area contributed by atoms with Gasteiger partial charge >= 0.3 is 31.4 Å². The van der Waals surface area contributed by atoms with E-state index in [1.54, 1.807) is 24.8 Å². The number of carbonyl (C=O) groups excluding carboxylic acids is 6. The largest absolute Gasteiger partial charge is 2.00 e. The molecule has 8 heterocycles. The summed E-state index contributed by atoms with van der Waals surface area (Å²) < 4.78 is 0. The van der Waals surface area contributed by atoms with Crippen molar-refractivity contribution in [1.82, 2.24) is 40.0 Å². The molecule has 0 spiro atoms. The minimum atomic E-state index is -0.945. The molecule has 0 bridgehead atoms. The van der Waals surface area contributed by atoms with Gasteiger partial charge in [-0.05, 0) is 72.8 Å². The zero-order valence-electron chi connectivity index (χ0n) is 29.7. The summed E-state index contributed by atoms with van der Waals surface area (Å²) in [6.45, 7) is 0. The first-order valence-corrected chi connectivity index (χ1v) is 17.0. The van der Waals surface area contributed by atoms with Crippen LogP contribution >= 0.6 is 0 Å². The second kappa shape index (κ2) is 19.9. The van der Waals surface area contributed by atoms with Crippen molar-refractivity contribution in [1.29, 1.82) is 0 Å². The molecule has 2 aliphatic heterocycles. The summed E-state index contributed by atoms with van der Waals surface area (Å²) in [5.41, 5.74) is 4.01. The molecule has 0 aliphatic carbocycles. The quantitative estimate of drug-likeness (QED) is 0.155. The Morgan fingerprint density at radius 2 is 0.684 bits per heavy atom. The molecule has 6 aromatic rings. The molecule has 16 nitrogen and oxygen atoms in total. The molecule has 284 valence electrons. The third kappa shape index (κ3) is 10.9. The summed E-state index contributed by atoms with van der Waals surface area (Å²) in [6, 6.07) is 28.4. The molecule has 2 aliphatic rings. The van der Waals surface area contributed by atoms with Crippen LogP contribution in [0, 0.1) is 0 Å². The predicted octanol–water partition coefficient (Wildman–Crippen LogP) is 4.87. The molecule has 57 heavy (non-hydrogen) atoms. The van der Waals surface area contributed by atoms with Crippen molar-refractivity contribution >= 4 is 35.6 Å². The molecule has 0 saturated carbocycles. The summed E-state index contributed by atoms with van der Waals surface area (Å²) >= 11 is 0. The zero-order chi connectivity index (χ0) is 39.3. The van der Waals surface area contributed by atoms with E-state index in [0.29, 0.717) is 10.1 Å². The second-order valence-corrected chi connectivity index (χ2v) is 11.6. The number of hydrogen-bond donors (Lipinski definition) is 0. The Bertz CT molecular complexity index is 2080. The van der Waals surface area contributed by atoms with Gasteiger partial charge in [-0.3, -0.25) is 49.1 Å². The molecule has 0 radical (unpaired) electrons. The molecule has 8 rings (SSSR count). The molecule has 4 amide bonds. The van der Waals surface area contributed by atoms with Gasteiger partial charge < -0.3 is 9.68 Å². The standard InChI is InChI=1S/C20H14N4O8.2C10H8N2.Ru/c25-15-1-2-16(26)23(15)31-19(29)11-5-7-21-13(9-11)14-10-12(6-8-22-14)20(30)32-24-17(27)3-4-18(24)28;2*1-3-7-11-9(5-1)10-6-2-4-8-12-10;/h5-10H,1-4H2;2*1-8H;/q;;;+2. The van der Waals surface area contributed by atoms with Gasteiger partial charge in [0.15, 0.2) is 0 Å². The number of carbonyl (C=O) groups is 6. The van der Waals surface area contributed by atoms with Crippen LogP contribution in [-0.4, -0.2) is 75.6 Å². The number of imide groups is 2. The minimum absolute atomic E-state index is 0. The number of hydroxylamine groups is 4. The minimum Gasteiger partial charge on any atom is -0.325 e. The van der Waals surface area contributed by atoms with Crippen LogP contribution in [0.4, 0.5) is 0 Å². The third-order valence-corrected chi connectivity index (χ3v) is 7.80. The fourth-order valence-corrected chi connectivity index (χ4v) is 5.04. The predicted molar refractivity (Wildman–Crippen MR) is 195 cm³/mol. The van der Waals surface area contributed by atoms with Crippen LogP contribution in [0.15, 0.2) is 134 Å². The molecular formula is C40H30N8O8Ru+2. The monoisotopic (exact) mass is 852 g/mol. The van der Waals surface area contributed by atoms with Crippen LogP contribution in [0.3, 0.4) is 0 Å². The normalized spacial score (nSPS) is 13.1. The number of nitrogens with zero attached hydrogens (tertiary/aromatic N) is 8. The fraction of sp³-hybridized carbons (Fsp3) is 0.100. The van der Waals surface area contributed by atoms with Crippen molar-refractivity contribution in [3.05, 3.63) is 145 Å². The molecule has 0 atom stereocenters. The number of pyridine rings is 6. The third-order valence-electron chi connectivity index (χ3n) is 7.80. The Morgan fingerprint density at radius 1 is 0.404 bits per heavy atom. The Labute approximate surface area is 337 Å². The van der Waals surface area contributed by atoms with Crippen LogP contribution < -0.4 is 0 Å². The molecule has 2 fully saturated rings. The maximum absolute atomic E-state index is 12.3. The van der Waals surface area contributed by atoms with E-state index in [9.17, 15) is 28.8 Å². The van der Waals surface area contributed by atoms with E-state index in [1.165, 1.54) is 36.7 Å². The van der Waals surface area contributed by atoms with Gasteiger partial charge in [-0.2, -0.15) is 0 Å². The smallest absolute Gasteiger partial charge is 0.325 e. The maximum atomic E-state index is 12.3. The second-order valence-electron chi connectivity index (χ2n) is 11.6. The number of amides is 4. The van der Waals surface area contributed by atoms with Crippen molar-refractivity contribution in [3.8, 4) is 34.2 Å². The first-order valence-electron chi connectivity index (χ1n) is 17.0. The number of hydrogen-bond acceptors (Lipinski definition) is 14. The van der Waals surface area contributed by atoms with Gasteiger partial charge in [0.05, 0.1) is 45.3 Å². The molecular weight excluding hydrogens is 822 g/mol. The van der Waals surface area contributed by atoms with Gasteiger partial charge in [0.2, 0.25) is 0 Å². The molecule has 17 heteroatoms. The van der Waals surface area contributed by atoms with Crippen molar-refractivity contribution in [2.45, 2.75) is 25.7 Å². The van der Waals surface area contributed by atoms with Gasteiger partial charge in [-0.15, -0.1) is 10.1 Å². The van der Waals surface area contributed by atoms with E-state index in [4.69, 9.17) is 9.68 Å². The molecule has 0 aromatic carbocycles. The van der Waals surface area contributed by atoms with E-state index in [0.717, 1.165) is 22.8 Å². The Kier molecular flexibility index (Phi) is 14.3. The van der Waals surface area contributed by atoms with E-state index >= 15 is 0 Å². The van der Waals surface area contributed by atoms with Crippen LogP contribution in [0.5, 0.6) is 0 Å². The average molecular weight is 852 g/mol. The summed E-state index contributed by atoms with van der Waals surface area (Å²) in [6.07, 6.45) is 9.51. The topological polar surface area (TPSA) is 205 Å².